The van der Waals surface area contributed by atoms with Crippen LogP contribution in [0.1, 0.15) is 71.4 Å². The Morgan fingerprint density at radius 2 is 1.46 bits per heavy atom. The largest absolute Gasteiger partial charge is 0.271 e. The zero-order valence-electron chi connectivity index (χ0n) is 17.2. The molecule has 3 heteroatoms. The smallest absolute Gasteiger partial charge is 0.259 e. The highest BCUT2D eigenvalue weighted by Gasteiger charge is 2.27. The van der Waals surface area contributed by atoms with E-state index >= 15 is 0 Å². The SMILES string of the molecule is CCCCCCc1c(C)nn(C(=O)C(c2ccccc2)c2ccccc2)c1C. The van der Waals surface area contributed by atoms with Crippen molar-refractivity contribution in [2.45, 2.75) is 58.8 Å². The number of aromatic nitrogens is 2. The first-order valence-electron chi connectivity index (χ1n) is 10.3. The number of carbonyl (C=O) groups is 1. The summed E-state index contributed by atoms with van der Waals surface area (Å²) >= 11 is 0. The molecule has 0 aliphatic heterocycles. The highest BCUT2D eigenvalue weighted by Crippen LogP contribution is 2.28. The molecule has 1 aromatic heterocycles. The molecule has 146 valence electrons. The number of aryl methyl sites for hydroxylation is 1. The predicted octanol–water partition coefficient (Wildman–Crippen LogP) is 6.10. The summed E-state index contributed by atoms with van der Waals surface area (Å²) in [6.45, 7) is 6.27. The minimum atomic E-state index is -0.353. The van der Waals surface area contributed by atoms with E-state index in [1.807, 2.05) is 74.5 Å². The third-order valence-corrected chi connectivity index (χ3v) is 5.44. The molecule has 0 N–H and O–H groups in total. The second-order valence-electron chi connectivity index (χ2n) is 7.46. The van der Waals surface area contributed by atoms with Crippen molar-refractivity contribution in [3.8, 4) is 0 Å². The van der Waals surface area contributed by atoms with E-state index in [9.17, 15) is 4.79 Å². The first-order chi connectivity index (χ1) is 13.6. The van der Waals surface area contributed by atoms with Crippen molar-refractivity contribution in [3.05, 3.63) is 88.7 Å². The van der Waals surface area contributed by atoms with Gasteiger partial charge in [-0.15, -0.1) is 0 Å². The molecule has 0 bridgehead atoms. The third kappa shape index (κ3) is 4.41. The molecule has 0 atom stereocenters. The Bertz CT molecular complexity index is 858. The third-order valence-electron chi connectivity index (χ3n) is 5.44. The fraction of sp³-hybridized carbons (Fsp3) is 0.360. The van der Waals surface area contributed by atoms with E-state index in [1.54, 1.807) is 4.68 Å². The number of benzene rings is 2. The number of hydrogen-bond acceptors (Lipinski definition) is 2. The van der Waals surface area contributed by atoms with Gasteiger partial charge in [-0.1, -0.05) is 86.8 Å². The van der Waals surface area contributed by atoms with Gasteiger partial charge < -0.3 is 0 Å². The summed E-state index contributed by atoms with van der Waals surface area (Å²) in [6, 6.07) is 20.0. The number of rotatable bonds is 8. The van der Waals surface area contributed by atoms with E-state index in [4.69, 9.17) is 0 Å². The first kappa shape index (κ1) is 20.1. The number of carbonyl (C=O) groups excluding carboxylic acids is 1. The van der Waals surface area contributed by atoms with Crippen LogP contribution in [0.2, 0.25) is 0 Å². The van der Waals surface area contributed by atoms with Gasteiger partial charge in [0, 0.05) is 5.69 Å². The molecule has 0 amide bonds. The van der Waals surface area contributed by atoms with Gasteiger partial charge in [0.25, 0.3) is 5.91 Å². The van der Waals surface area contributed by atoms with Gasteiger partial charge in [0.2, 0.25) is 0 Å². The standard InChI is InChI=1S/C25H30N2O/c1-4-5-6-13-18-23-19(2)26-27(20(23)3)25(28)24(21-14-9-7-10-15-21)22-16-11-8-12-17-22/h7-12,14-17,24H,4-6,13,18H2,1-3H3. The van der Waals surface area contributed by atoms with Crippen LogP contribution in [0.5, 0.6) is 0 Å². The quantitative estimate of drug-likeness (QED) is 0.447. The maximum atomic E-state index is 13.6. The van der Waals surface area contributed by atoms with E-state index in [0.717, 1.165) is 35.4 Å². The van der Waals surface area contributed by atoms with Gasteiger partial charge in [-0.25, -0.2) is 4.68 Å². The summed E-state index contributed by atoms with van der Waals surface area (Å²) in [7, 11) is 0. The lowest BCUT2D eigenvalue weighted by molar-refractivity contribution is 0.0874. The van der Waals surface area contributed by atoms with Crippen LogP contribution in [0.3, 0.4) is 0 Å². The van der Waals surface area contributed by atoms with Crippen LogP contribution in [-0.4, -0.2) is 15.7 Å². The lowest BCUT2D eigenvalue weighted by atomic mass is 9.90. The second-order valence-corrected chi connectivity index (χ2v) is 7.46. The molecule has 0 saturated carbocycles. The van der Waals surface area contributed by atoms with Crippen molar-refractivity contribution >= 4 is 5.91 Å². The molecule has 3 aromatic rings. The van der Waals surface area contributed by atoms with Crippen molar-refractivity contribution in [3.63, 3.8) is 0 Å². The van der Waals surface area contributed by atoms with Gasteiger partial charge in [-0.2, -0.15) is 5.10 Å². The van der Waals surface area contributed by atoms with Crippen LogP contribution >= 0.6 is 0 Å². The monoisotopic (exact) mass is 374 g/mol. The van der Waals surface area contributed by atoms with Crippen LogP contribution in [0, 0.1) is 13.8 Å². The van der Waals surface area contributed by atoms with Crippen molar-refractivity contribution in [1.29, 1.82) is 0 Å². The highest BCUT2D eigenvalue weighted by atomic mass is 16.2. The minimum Gasteiger partial charge on any atom is -0.271 e. The molecule has 3 nitrogen and oxygen atoms in total. The second kappa shape index (κ2) is 9.50. The molecule has 28 heavy (non-hydrogen) atoms. The maximum absolute atomic E-state index is 13.6. The molecule has 3 rings (SSSR count). The van der Waals surface area contributed by atoms with Crippen LogP contribution in [0.25, 0.3) is 0 Å². The van der Waals surface area contributed by atoms with Crippen molar-refractivity contribution in [1.82, 2.24) is 9.78 Å². The Morgan fingerprint density at radius 1 is 0.893 bits per heavy atom. The average Bonchev–Trinajstić information content (AvgIpc) is 3.01. The summed E-state index contributed by atoms with van der Waals surface area (Å²) < 4.78 is 1.63. The van der Waals surface area contributed by atoms with Crippen LogP contribution in [0.4, 0.5) is 0 Å². The molecule has 0 aliphatic rings. The zero-order valence-corrected chi connectivity index (χ0v) is 17.2. The van der Waals surface area contributed by atoms with Crippen molar-refractivity contribution in [2.24, 2.45) is 0 Å². The maximum Gasteiger partial charge on any atom is 0.259 e. The van der Waals surface area contributed by atoms with Gasteiger partial charge in [0.15, 0.2) is 0 Å². The predicted molar refractivity (Wildman–Crippen MR) is 115 cm³/mol. The van der Waals surface area contributed by atoms with Gasteiger partial charge in [0.1, 0.15) is 0 Å². The zero-order chi connectivity index (χ0) is 19.9. The van der Waals surface area contributed by atoms with Gasteiger partial charge in [-0.05, 0) is 43.4 Å². The molecule has 0 spiro atoms. The highest BCUT2D eigenvalue weighted by molar-refractivity contribution is 5.89. The lowest BCUT2D eigenvalue weighted by Gasteiger charge is -2.17. The molecule has 2 aromatic carbocycles. The van der Waals surface area contributed by atoms with Crippen molar-refractivity contribution < 1.29 is 4.79 Å². The topological polar surface area (TPSA) is 34.9 Å². The Kier molecular flexibility index (Phi) is 6.80. The number of unbranched alkanes of at least 4 members (excludes halogenated alkanes) is 3. The molecule has 0 unspecified atom stereocenters. The Morgan fingerprint density at radius 3 is 2.00 bits per heavy atom. The van der Waals surface area contributed by atoms with E-state index in [2.05, 4.69) is 12.0 Å². The Labute approximate surface area is 168 Å². The van der Waals surface area contributed by atoms with Crippen LogP contribution < -0.4 is 0 Å². The van der Waals surface area contributed by atoms with Gasteiger partial charge >= 0.3 is 0 Å². The minimum absolute atomic E-state index is 0.0119. The van der Waals surface area contributed by atoms with E-state index in [-0.39, 0.29) is 11.8 Å². The summed E-state index contributed by atoms with van der Waals surface area (Å²) in [4.78, 5) is 13.6. The molecule has 0 fully saturated rings. The normalized spacial score (nSPS) is 11.1. The Balaban J connectivity index is 1.94. The summed E-state index contributed by atoms with van der Waals surface area (Å²) in [5.74, 6) is -0.342. The van der Waals surface area contributed by atoms with E-state index in [0.29, 0.717) is 0 Å². The summed E-state index contributed by atoms with van der Waals surface area (Å²) in [6.07, 6.45) is 5.86. The van der Waals surface area contributed by atoms with Gasteiger partial charge in [0.05, 0.1) is 11.6 Å². The fourth-order valence-corrected chi connectivity index (χ4v) is 3.87. The Hall–Kier alpha value is -2.68. The van der Waals surface area contributed by atoms with Crippen LogP contribution in [0.15, 0.2) is 60.7 Å². The summed E-state index contributed by atoms with van der Waals surface area (Å²) in [5.41, 5.74) is 5.17. The van der Waals surface area contributed by atoms with Crippen molar-refractivity contribution in [2.75, 3.05) is 0 Å². The number of nitrogens with zero attached hydrogens (tertiary/aromatic N) is 2. The average molecular weight is 375 g/mol. The van der Waals surface area contributed by atoms with E-state index in [1.165, 1.54) is 24.8 Å². The molecule has 0 saturated heterocycles. The van der Waals surface area contributed by atoms with Crippen LogP contribution in [-0.2, 0) is 6.42 Å². The first-order valence-corrected chi connectivity index (χ1v) is 10.3. The molecule has 0 aliphatic carbocycles. The summed E-state index contributed by atoms with van der Waals surface area (Å²) in [5, 5.41) is 4.65. The number of hydrogen-bond donors (Lipinski definition) is 0. The van der Waals surface area contributed by atoms with Gasteiger partial charge in [-0.3, -0.25) is 4.79 Å². The molecule has 1 heterocycles. The lowest BCUT2D eigenvalue weighted by Crippen LogP contribution is -2.23. The molecular weight excluding hydrogens is 344 g/mol. The fourth-order valence-electron chi connectivity index (χ4n) is 3.87. The molecular formula is C25H30N2O. The molecule has 0 radical (unpaired) electrons. The van der Waals surface area contributed by atoms with E-state index < -0.39 is 0 Å².